The first kappa shape index (κ1) is 37.0. The number of amides is 4. The van der Waals surface area contributed by atoms with Gasteiger partial charge >= 0.3 is 6.09 Å². The predicted octanol–water partition coefficient (Wildman–Crippen LogP) is 0.891. The quantitative estimate of drug-likeness (QED) is 0.137. The maximum absolute atomic E-state index is 13.4. The van der Waals surface area contributed by atoms with E-state index in [0.29, 0.717) is 12.8 Å². The summed E-state index contributed by atoms with van der Waals surface area (Å²) in [6.07, 6.45) is -1.95. The fourth-order valence-electron chi connectivity index (χ4n) is 5.31. The lowest BCUT2D eigenvalue weighted by atomic mass is 9.92. The van der Waals surface area contributed by atoms with Gasteiger partial charge < -0.3 is 36.6 Å². The Balaban J connectivity index is 2.16. The number of sulfone groups is 1. The highest BCUT2D eigenvalue weighted by Crippen LogP contribution is 2.31. The van der Waals surface area contributed by atoms with Crippen molar-refractivity contribution < 1.29 is 42.9 Å². The van der Waals surface area contributed by atoms with Crippen LogP contribution < -0.4 is 21.3 Å². The Kier molecular flexibility index (Phi) is 13.6. The third-order valence-corrected chi connectivity index (χ3v) is 8.68. The van der Waals surface area contributed by atoms with Crippen LogP contribution in [0.15, 0.2) is 24.3 Å². The number of fused-ring (bicyclic) bond motifs is 1. The lowest BCUT2D eigenvalue weighted by molar-refractivity contribution is -0.131. The van der Waals surface area contributed by atoms with Gasteiger partial charge in [0.25, 0.3) is 0 Å². The smallest absolute Gasteiger partial charge is 0.405 e. The predicted molar refractivity (Wildman–Crippen MR) is 164 cm³/mol. The van der Waals surface area contributed by atoms with Crippen molar-refractivity contribution in [1.82, 2.24) is 21.3 Å². The van der Waals surface area contributed by atoms with E-state index in [0.717, 1.165) is 17.4 Å². The number of aliphatic hydroxyl groups excluding tert-OH is 2. The van der Waals surface area contributed by atoms with Crippen LogP contribution in [-0.2, 0) is 30.6 Å². The molecule has 7 atom stereocenters. The Morgan fingerprint density at radius 2 is 1.57 bits per heavy atom. The molecule has 0 unspecified atom stereocenters. The molecule has 0 radical (unpaired) electrons. The van der Waals surface area contributed by atoms with Crippen LogP contribution in [0.25, 0.3) is 0 Å². The van der Waals surface area contributed by atoms with Crippen molar-refractivity contribution in [1.29, 1.82) is 0 Å². The molecule has 0 bridgehead atoms. The molecule has 44 heavy (non-hydrogen) atoms. The Labute approximate surface area is 259 Å². The maximum Gasteiger partial charge on any atom is 0.405 e. The fraction of sp³-hybridized carbons (Fsp3) is 0.667. The summed E-state index contributed by atoms with van der Waals surface area (Å²) in [7, 11) is -3.52. The highest BCUT2D eigenvalue weighted by molar-refractivity contribution is 7.90. The summed E-state index contributed by atoms with van der Waals surface area (Å²) in [6, 6.07) is 3.51. The molecule has 1 aliphatic rings. The largest absolute Gasteiger partial charge is 0.465 e. The molecule has 0 spiro atoms. The summed E-state index contributed by atoms with van der Waals surface area (Å²) >= 11 is 0. The molecule has 7 N–H and O–H groups in total. The molecule has 0 aliphatic heterocycles. The van der Waals surface area contributed by atoms with Crippen LogP contribution in [0.3, 0.4) is 0 Å². The fourth-order valence-corrected chi connectivity index (χ4v) is 5.97. The van der Waals surface area contributed by atoms with Gasteiger partial charge in [-0.25, -0.2) is 13.2 Å². The third kappa shape index (κ3) is 11.4. The summed E-state index contributed by atoms with van der Waals surface area (Å²) in [5, 5.41) is 41.0. The molecular weight excluding hydrogens is 592 g/mol. The van der Waals surface area contributed by atoms with Crippen LogP contribution in [0.5, 0.6) is 0 Å². The average Bonchev–Trinajstić information content (AvgIpc) is 3.22. The topological polar surface area (TPSA) is 211 Å². The van der Waals surface area contributed by atoms with Gasteiger partial charge in [-0.1, -0.05) is 58.9 Å². The molecule has 248 valence electrons. The summed E-state index contributed by atoms with van der Waals surface area (Å²) < 4.78 is 23.8. The molecule has 0 saturated heterocycles. The van der Waals surface area contributed by atoms with Gasteiger partial charge in [0.1, 0.15) is 21.9 Å². The minimum absolute atomic E-state index is 0.0124. The third-order valence-electron chi connectivity index (χ3n) is 7.70. The molecule has 0 fully saturated rings. The summed E-state index contributed by atoms with van der Waals surface area (Å²) in [5.74, 6) is -3.47. The number of benzene rings is 1. The van der Waals surface area contributed by atoms with Crippen LogP contribution in [0.1, 0.15) is 71.0 Å². The van der Waals surface area contributed by atoms with Gasteiger partial charge in [-0.3, -0.25) is 14.4 Å². The SMILES string of the molecule is CC(C)C[C@H](NC(=O)[C@H](CCS(C)(=O)=O)NC(=O)[C@@H](NC(=O)O)C(C)C)[C@@H](O)C[C@@H](C)C(=O)N[C@@H]1c2ccccc2C[C@@H]1O. The van der Waals surface area contributed by atoms with Gasteiger partial charge in [-0.2, -0.15) is 0 Å². The second-order valence-corrected chi connectivity index (χ2v) is 14.8. The maximum atomic E-state index is 13.4. The molecule has 1 aromatic rings. The molecule has 1 aliphatic carbocycles. The summed E-state index contributed by atoms with van der Waals surface area (Å²) in [4.78, 5) is 50.7. The van der Waals surface area contributed by atoms with Gasteiger partial charge in [0.2, 0.25) is 17.7 Å². The van der Waals surface area contributed by atoms with Crippen LogP contribution in [0.2, 0.25) is 0 Å². The van der Waals surface area contributed by atoms with E-state index >= 15 is 0 Å². The first-order chi connectivity index (χ1) is 20.4. The standard InChI is InChI=1S/C30H48N4O9S/c1-16(2)13-22(23(35)14-18(5)27(37)33-26-20-10-8-7-9-19(20)15-24(26)36)32-28(38)21(11-12-44(6,42)43)31-29(39)25(17(3)4)34-30(40)41/h7-10,16-18,21-26,34-36H,11-15H2,1-6H3,(H,31,39)(H,32,38)(H,33,37)(H,40,41)/t18-,21+,22+,23+,24+,25+,26-/m1/s1. The lowest BCUT2D eigenvalue weighted by Gasteiger charge is -2.30. The number of aliphatic hydroxyl groups is 2. The highest BCUT2D eigenvalue weighted by Gasteiger charge is 2.35. The number of hydrogen-bond donors (Lipinski definition) is 7. The van der Waals surface area contributed by atoms with Crippen molar-refractivity contribution in [2.75, 3.05) is 12.0 Å². The Morgan fingerprint density at radius 3 is 2.14 bits per heavy atom. The Hall–Kier alpha value is -3.23. The number of carbonyl (C=O) groups excluding carboxylic acids is 3. The second-order valence-electron chi connectivity index (χ2n) is 12.6. The van der Waals surface area contributed by atoms with Crippen molar-refractivity contribution >= 4 is 33.7 Å². The van der Waals surface area contributed by atoms with Crippen LogP contribution in [0.4, 0.5) is 4.79 Å². The van der Waals surface area contributed by atoms with Crippen LogP contribution in [0, 0.1) is 17.8 Å². The zero-order chi connectivity index (χ0) is 33.4. The first-order valence-corrected chi connectivity index (χ1v) is 17.0. The van der Waals surface area contributed by atoms with E-state index in [2.05, 4.69) is 21.3 Å². The number of carbonyl (C=O) groups is 4. The van der Waals surface area contributed by atoms with E-state index in [4.69, 9.17) is 5.11 Å². The van der Waals surface area contributed by atoms with Crippen molar-refractivity contribution in [3.63, 3.8) is 0 Å². The zero-order valence-corrected chi connectivity index (χ0v) is 27.1. The Bertz CT molecular complexity index is 1270. The monoisotopic (exact) mass is 640 g/mol. The lowest BCUT2D eigenvalue weighted by Crippen LogP contribution is -2.57. The van der Waals surface area contributed by atoms with E-state index < -0.39 is 81.7 Å². The molecule has 13 nitrogen and oxygen atoms in total. The molecule has 0 aromatic heterocycles. The minimum Gasteiger partial charge on any atom is -0.465 e. The van der Waals surface area contributed by atoms with Gasteiger partial charge in [-0.05, 0) is 42.2 Å². The van der Waals surface area contributed by atoms with E-state index in [1.165, 1.54) is 0 Å². The molecular formula is C30H48N4O9S. The number of rotatable bonds is 16. The zero-order valence-electron chi connectivity index (χ0n) is 26.2. The second kappa shape index (κ2) is 16.2. The van der Waals surface area contributed by atoms with Crippen LogP contribution in [-0.4, -0.2) is 89.9 Å². The van der Waals surface area contributed by atoms with Gasteiger partial charge in [0.05, 0.1) is 30.0 Å². The molecule has 0 heterocycles. The van der Waals surface area contributed by atoms with E-state index in [1.807, 2.05) is 38.1 Å². The van der Waals surface area contributed by atoms with Crippen molar-refractivity contribution in [2.24, 2.45) is 17.8 Å². The number of nitrogens with one attached hydrogen (secondary N) is 4. The molecule has 1 aromatic carbocycles. The van der Waals surface area contributed by atoms with Crippen molar-refractivity contribution in [2.45, 2.75) is 96.7 Å². The van der Waals surface area contributed by atoms with E-state index in [9.17, 15) is 37.8 Å². The highest BCUT2D eigenvalue weighted by atomic mass is 32.2. The first-order valence-electron chi connectivity index (χ1n) is 14.9. The Morgan fingerprint density at radius 1 is 0.932 bits per heavy atom. The molecule has 2 rings (SSSR count). The molecule has 0 saturated carbocycles. The van der Waals surface area contributed by atoms with Crippen molar-refractivity contribution in [3.05, 3.63) is 35.4 Å². The number of carboxylic acid groups (broad SMARTS) is 1. The molecule has 14 heteroatoms. The van der Waals surface area contributed by atoms with Crippen LogP contribution >= 0.6 is 0 Å². The van der Waals surface area contributed by atoms with Gasteiger partial charge in [-0.15, -0.1) is 0 Å². The van der Waals surface area contributed by atoms with E-state index in [-0.39, 0.29) is 24.7 Å². The molecule has 4 amide bonds. The van der Waals surface area contributed by atoms with Crippen molar-refractivity contribution in [3.8, 4) is 0 Å². The normalized spacial score (nSPS) is 19.8. The van der Waals surface area contributed by atoms with E-state index in [1.54, 1.807) is 20.8 Å². The minimum atomic E-state index is -3.52. The number of hydrogen-bond acceptors (Lipinski definition) is 8. The summed E-state index contributed by atoms with van der Waals surface area (Å²) in [6.45, 7) is 8.63. The summed E-state index contributed by atoms with van der Waals surface area (Å²) in [5.41, 5.74) is 1.79. The van der Waals surface area contributed by atoms with Gasteiger partial charge in [0, 0.05) is 18.6 Å². The van der Waals surface area contributed by atoms with Gasteiger partial charge in [0.15, 0.2) is 0 Å². The average molecular weight is 641 g/mol.